The third kappa shape index (κ3) is 4.21. The van der Waals surface area contributed by atoms with Gasteiger partial charge in [0, 0.05) is 12.6 Å². The Kier molecular flexibility index (Phi) is 6.35. The maximum Gasteiger partial charge on any atom is 0.0576 e. The Labute approximate surface area is 126 Å². The molecule has 0 aromatic rings. The molecule has 2 aliphatic rings. The first-order valence-corrected chi connectivity index (χ1v) is 9.01. The maximum atomic E-state index is 5.83. The molecule has 1 saturated carbocycles. The Morgan fingerprint density at radius 3 is 2.50 bits per heavy atom. The molecular formula is C18H35NO. The highest BCUT2D eigenvalue weighted by atomic mass is 16.5. The largest absolute Gasteiger partial charge is 0.378 e. The lowest BCUT2D eigenvalue weighted by molar-refractivity contribution is 0.0840. The molecule has 2 heteroatoms. The quantitative estimate of drug-likeness (QED) is 0.706. The molecule has 2 fully saturated rings. The number of hydrogen-bond acceptors (Lipinski definition) is 2. The van der Waals surface area contributed by atoms with E-state index in [1.54, 1.807) is 0 Å². The van der Waals surface area contributed by atoms with Crippen LogP contribution in [0.5, 0.6) is 0 Å². The average molecular weight is 281 g/mol. The van der Waals surface area contributed by atoms with Crippen LogP contribution in [0.2, 0.25) is 0 Å². The summed E-state index contributed by atoms with van der Waals surface area (Å²) in [5, 5.41) is 3.84. The fourth-order valence-electron chi connectivity index (χ4n) is 4.68. The average Bonchev–Trinajstić information content (AvgIpc) is 3.05. The van der Waals surface area contributed by atoms with Crippen molar-refractivity contribution in [3.63, 3.8) is 0 Å². The summed E-state index contributed by atoms with van der Waals surface area (Å²) in [6, 6.07) is 0.710. The van der Waals surface area contributed by atoms with Crippen molar-refractivity contribution in [2.24, 2.45) is 11.3 Å². The van der Waals surface area contributed by atoms with Gasteiger partial charge in [0.15, 0.2) is 0 Å². The number of ether oxygens (including phenoxy) is 1. The first kappa shape index (κ1) is 16.3. The third-order valence-electron chi connectivity index (χ3n) is 5.41. The molecule has 1 aliphatic carbocycles. The fraction of sp³-hybridized carbons (Fsp3) is 1.00. The van der Waals surface area contributed by atoms with E-state index in [0.717, 1.165) is 19.1 Å². The second-order valence-electron chi connectivity index (χ2n) is 7.49. The molecule has 0 bridgehead atoms. The highest BCUT2D eigenvalue weighted by molar-refractivity contribution is 4.95. The second-order valence-corrected chi connectivity index (χ2v) is 7.49. The molecule has 0 aromatic heterocycles. The molecule has 1 aliphatic heterocycles. The molecule has 2 rings (SSSR count). The smallest absolute Gasteiger partial charge is 0.0576 e. The van der Waals surface area contributed by atoms with Crippen LogP contribution in [-0.4, -0.2) is 25.3 Å². The minimum Gasteiger partial charge on any atom is -0.378 e. The standard InChI is InChI=1S/C18H35NO/c1-4-19-17(10-9-16-8-7-13-20-16)18(14-15(2)3)11-5-6-12-18/h15-17,19H,4-14H2,1-3H3. The predicted molar refractivity (Wildman–Crippen MR) is 86.0 cm³/mol. The van der Waals surface area contributed by atoms with Crippen molar-refractivity contribution in [1.82, 2.24) is 5.32 Å². The van der Waals surface area contributed by atoms with Gasteiger partial charge in [-0.3, -0.25) is 0 Å². The van der Waals surface area contributed by atoms with E-state index in [1.807, 2.05) is 0 Å². The van der Waals surface area contributed by atoms with Crippen molar-refractivity contribution in [3.8, 4) is 0 Å². The summed E-state index contributed by atoms with van der Waals surface area (Å²) in [6.45, 7) is 9.15. The van der Waals surface area contributed by atoms with Gasteiger partial charge < -0.3 is 10.1 Å². The maximum absolute atomic E-state index is 5.83. The van der Waals surface area contributed by atoms with Crippen LogP contribution in [0, 0.1) is 11.3 Å². The van der Waals surface area contributed by atoms with Crippen LogP contribution in [0.25, 0.3) is 0 Å². The molecule has 0 amide bonds. The van der Waals surface area contributed by atoms with Gasteiger partial charge in [-0.1, -0.05) is 33.6 Å². The number of nitrogens with one attached hydrogen (secondary N) is 1. The molecule has 118 valence electrons. The highest BCUT2D eigenvalue weighted by Crippen LogP contribution is 2.47. The Morgan fingerprint density at radius 2 is 1.95 bits per heavy atom. The van der Waals surface area contributed by atoms with Gasteiger partial charge in [-0.05, 0) is 62.8 Å². The summed E-state index contributed by atoms with van der Waals surface area (Å²) in [4.78, 5) is 0. The summed E-state index contributed by atoms with van der Waals surface area (Å²) in [5.41, 5.74) is 0.572. The zero-order valence-corrected chi connectivity index (χ0v) is 13.9. The molecule has 0 aromatic carbocycles. The second kappa shape index (κ2) is 7.79. The normalized spacial score (nSPS) is 27.3. The Bertz CT molecular complexity index is 265. The van der Waals surface area contributed by atoms with Crippen molar-refractivity contribution >= 4 is 0 Å². The van der Waals surface area contributed by atoms with Gasteiger partial charge in [0.25, 0.3) is 0 Å². The van der Waals surface area contributed by atoms with Crippen LogP contribution >= 0.6 is 0 Å². The van der Waals surface area contributed by atoms with Gasteiger partial charge in [0.1, 0.15) is 0 Å². The minimum absolute atomic E-state index is 0.550. The summed E-state index contributed by atoms with van der Waals surface area (Å²) >= 11 is 0. The monoisotopic (exact) mass is 281 g/mol. The first-order chi connectivity index (χ1) is 9.66. The fourth-order valence-corrected chi connectivity index (χ4v) is 4.68. The van der Waals surface area contributed by atoms with E-state index >= 15 is 0 Å². The molecule has 20 heavy (non-hydrogen) atoms. The molecule has 1 N–H and O–H groups in total. The lowest BCUT2D eigenvalue weighted by Crippen LogP contribution is -2.45. The van der Waals surface area contributed by atoms with Gasteiger partial charge in [-0.2, -0.15) is 0 Å². The van der Waals surface area contributed by atoms with Crippen molar-refractivity contribution < 1.29 is 4.74 Å². The third-order valence-corrected chi connectivity index (χ3v) is 5.41. The van der Waals surface area contributed by atoms with Crippen molar-refractivity contribution in [1.29, 1.82) is 0 Å². The van der Waals surface area contributed by atoms with Gasteiger partial charge in [0.2, 0.25) is 0 Å². The van der Waals surface area contributed by atoms with E-state index in [-0.39, 0.29) is 0 Å². The molecular weight excluding hydrogens is 246 g/mol. The van der Waals surface area contributed by atoms with Crippen LogP contribution in [0.1, 0.15) is 78.6 Å². The van der Waals surface area contributed by atoms with E-state index in [2.05, 4.69) is 26.1 Å². The van der Waals surface area contributed by atoms with Gasteiger partial charge in [-0.15, -0.1) is 0 Å². The van der Waals surface area contributed by atoms with Crippen molar-refractivity contribution in [3.05, 3.63) is 0 Å². The zero-order valence-electron chi connectivity index (χ0n) is 13.9. The Balaban J connectivity index is 1.95. The number of hydrogen-bond donors (Lipinski definition) is 1. The Hall–Kier alpha value is -0.0800. The van der Waals surface area contributed by atoms with Crippen LogP contribution in [0.4, 0.5) is 0 Å². The van der Waals surface area contributed by atoms with E-state index in [0.29, 0.717) is 17.6 Å². The van der Waals surface area contributed by atoms with Crippen LogP contribution in [-0.2, 0) is 4.74 Å². The summed E-state index contributed by atoms with van der Waals surface area (Å²) in [6.07, 6.45) is 12.8. The molecule has 0 spiro atoms. The predicted octanol–water partition coefficient (Wildman–Crippen LogP) is 4.53. The van der Waals surface area contributed by atoms with Crippen molar-refractivity contribution in [2.75, 3.05) is 13.2 Å². The number of rotatable bonds is 8. The van der Waals surface area contributed by atoms with E-state index in [1.165, 1.54) is 57.8 Å². The molecule has 1 heterocycles. The van der Waals surface area contributed by atoms with E-state index in [4.69, 9.17) is 4.74 Å². The molecule has 2 unspecified atom stereocenters. The summed E-state index contributed by atoms with van der Waals surface area (Å²) < 4.78 is 5.83. The van der Waals surface area contributed by atoms with Gasteiger partial charge in [0.05, 0.1) is 6.10 Å². The van der Waals surface area contributed by atoms with Crippen LogP contribution in [0.3, 0.4) is 0 Å². The Morgan fingerprint density at radius 1 is 1.20 bits per heavy atom. The summed E-state index contributed by atoms with van der Waals surface area (Å²) in [5.74, 6) is 0.817. The summed E-state index contributed by atoms with van der Waals surface area (Å²) in [7, 11) is 0. The zero-order chi connectivity index (χ0) is 14.4. The van der Waals surface area contributed by atoms with Crippen LogP contribution < -0.4 is 5.32 Å². The lowest BCUT2D eigenvalue weighted by atomic mass is 9.71. The molecule has 1 saturated heterocycles. The minimum atomic E-state index is 0.550. The van der Waals surface area contributed by atoms with E-state index in [9.17, 15) is 0 Å². The first-order valence-electron chi connectivity index (χ1n) is 9.01. The molecule has 2 atom stereocenters. The molecule has 0 radical (unpaired) electrons. The van der Waals surface area contributed by atoms with E-state index < -0.39 is 0 Å². The lowest BCUT2D eigenvalue weighted by Gasteiger charge is -2.40. The SMILES string of the molecule is CCNC(CCC1CCCO1)C1(CC(C)C)CCCC1. The topological polar surface area (TPSA) is 21.3 Å². The van der Waals surface area contributed by atoms with Crippen molar-refractivity contribution in [2.45, 2.75) is 90.7 Å². The van der Waals surface area contributed by atoms with Crippen LogP contribution in [0.15, 0.2) is 0 Å². The highest BCUT2D eigenvalue weighted by Gasteiger charge is 2.41. The van der Waals surface area contributed by atoms with Gasteiger partial charge in [-0.25, -0.2) is 0 Å². The van der Waals surface area contributed by atoms with Gasteiger partial charge >= 0.3 is 0 Å². The molecule has 2 nitrogen and oxygen atoms in total.